The molecule has 0 saturated heterocycles. The largest absolute Gasteiger partial charge is 0.478 e. The Morgan fingerprint density at radius 1 is 1.17 bits per heavy atom. The molecule has 0 bridgehead atoms. The zero-order valence-electron chi connectivity index (χ0n) is 15.7. The van der Waals surface area contributed by atoms with Gasteiger partial charge in [0.2, 0.25) is 0 Å². The predicted molar refractivity (Wildman–Crippen MR) is 110 cm³/mol. The van der Waals surface area contributed by atoms with Gasteiger partial charge in [-0.1, -0.05) is 28.1 Å². The highest BCUT2D eigenvalue weighted by molar-refractivity contribution is 9.10. The molecule has 2 aromatic rings. The van der Waals surface area contributed by atoms with Gasteiger partial charge in [-0.05, 0) is 61.4 Å². The number of anilines is 1. The smallest absolute Gasteiger partial charge is 0.416 e. The van der Waals surface area contributed by atoms with Crippen LogP contribution in [0.1, 0.15) is 24.5 Å². The van der Waals surface area contributed by atoms with E-state index in [1.54, 1.807) is 31.2 Å². The monoisotopic (exact) mass is 480 g/mol. The van der Waals surface area contributed by atoms with Crippen molar-refractivity contribution in [3.05, 3.63) is 69.7 Å². The number of carbonyl (C=O) groups is 2. The van der Waals surface area contributed by atoms with Gasteiger partial charge in [0.25, 0.3) is 5.91 Å². The van der Waals surface area contributed by atoms with Crippen molar-refractivity contribution in [3.63, 3.8) is 0 Å². The molecule has 0 aliphatic carbocycles. The van der Waals surface area contributed by atoms with Crippen molar-refractivity contribution in [3.8, 4) is 0 Å². The third kappa shape index (κ3) is 4.79. The first-order valence-corrected chi connectivity index (χ1v) is 9.61. The molecule has 1 aliphatic heterocycles. The van der Waals surface area contributed by atoms with Gasteiger partial charge in [0, 0.05) is 15.8 Å². The second kappa shape index (κ2) is 8.43. The highest BCUT2D eigenvalue weighted by Crippen LogP contribution is 2.31. The fourth-order valence-electron chi connectivity index (χ4n) is 3.00. The molecule has 30 heavy (non-hydrogen) atoms. The number of benzene rings is 2. The predicted octanol–water partition coefficient (Wildman–Crippen LogP) is 5.36. The van der Waals surface area contributed by atoms with E-state index in [0.29, 0.717) is 17.0 Å². The zero-order valence-corrected chi connectivity index (χ0v) is 17.2. The summed E-state index contributed by atoms with van der Waals surface area (Å²) in [5.41, 5.74) is 0.386. The lowest BCUT2D eigenvalue weighted by atomic mass is 9.93. The number of amides is 1. The van der Waals surface area contributed by atoms with Gasteiger partial charge in [0.1, 0.15) is 0 Å². The lowest BCUT2D eigenvalue weighted by Crippen LogP contribution is -2.28. The normalized spacial score (nSPS) is 17.3. The van der Waals surface area contributed by atoms with Crippen molar-refractivity contribution < 1.29 is 27.9 Å². The Balaban J connectivity index is 1.82. The van der Waals surface area contributed by atoms with Crippen LogP contribution in [0, 0.1) is 5.92 Å². The number of halogens is 4. The van der Waals surface area contributed by atoms with E-state index in [1.807, 2.05) is 0 Å². The number of nitrogens with zero attached hydrogens (tertiary/aromatic N) is 2. The minimum absolute atomic E-state index is 0.0969. The summed E-state index contributed by atoms with van der Waals surface area (Å²) in [5, 5.41) is 15.0. The van der Waals surface area contributed by atoms with Crippen LogP contribution >= 0.6 is 15.9 Å². The van der Waals surface area contributed by atoms with E-state index in [9.17, 15) is 27.9 Å². The van der Waals surface area contributed by atoms with E-state index >= 15 is 0 Å². The third-order valence-corrected chi connectivity index (χ3v) is 5.15. The maximum atomic E-state index is 12.8. The molecule has 1 atom stereocenters. The molecule has 1 aliphatic rings. The van der Waals surface area contributed by atoms with Crippen molar-refractivity contribution in [1.29, 1.82) is 0 Å². The van der Waals surface area contributed by atoms with Gasteiger partial charge in [-0.2, -0.15) is 18.3 Å². The average Bonchev–Trinajstić information content (AvgIpc) is 2.96. The van der Waals surface area contributed by atoms with Gasteiger partial charge < -0.3 is 5.11 Å². The molecule has 1 heterocycles. The van der Waals surface area contributed by atoms with Crippen LogP contribution < -0.4 is 5.01 Å². The van der Waals surface area contributed by atoms with E-state index in [2.05, 4.69) is 21.0 Å². The number of carboxylic acid groups (broad SMARTS) is 1. The molecule has 0 aromatic heterocycles. The molecular formula is C21H16BrF3N2O3. The van der Waals surface area contributed by atoms with Crippen LogP contribution in [0.5, 0.6) is 0 Å². The number of carbonyl (C=O) groups excluding carboxylic acids is 1. The third-order valence-electron chi connectivity index (χ3n) is 4.62. The van der Waals surface area contributed by atoms with Gasteiger partial charge >= 0.3 is 12.1 Å². The minimum atomic E-state index is -4.47. The Morgan fingerprint density at radius 2 is 1.77 bits per heavy atom. The number of hydrazone groups is 1. The van der Waals surface area contributed by atoms with E-state index in [1.165, 1.54) is 23.2 Å². The SMILES string of the molecule is CC1=NN(c2ccc(Br)cc2)C(=O)C1CC(=Cc1ccc(C(F)(F)F)cc1)C(=O)O. The number of aliphatic carboxylic acids is 1. The molecule has 1 unspecified atom stereocenters. The molecule has 1 amide bonds. The summed E-state index contributed by atoms with van der Waals surface area (Å²) in [6.07, 6.45) is -3.33. The molecule has 0 radical (unpaired) electrons. The van der Waals surface area contributed by atoms with Gasteiger partial charge in [-0.3, -0.25) is 4.79 Å². The van der Waals surface area contributed by atoms with Gasteiger partial charge in [0.05, 0.1) is 17.2 Å². The number of carboxylic acids is 1. The molecular weight excluding hydrogens is 465 g/mol. The van der Waals surface area contributed by atoms with Crippen LogP contribution in [0.2, 0.25) is 0 Å². The van der Waals surface area contributed by atoms with E-state index in [0.717, 1.165) is 16.6 Å². The van der Waals surface area contributed by atoms with Crippen LogP contribution in [0.3, 0.4) is 0 Å². The molecule has 2 aromatic carbocycles. The van der Waals surface area contributed by atoms with Crippen molar-refractivity contribution in [2.45, 2.75) is 19.5 Å². The first-order chi connectivity index (χ1) is 14.1. The van der Waals surface area contributed by atoms with Crippen molar-refractivity contribution in [2.75, 3.05) is 5.01 Å². The lowest BCUT2D eigenvalue weighted by Gasteiger charge is -2.15. The number of hydrogen-bond donors (Lipinski definition) is 1. The maximum absolute atomic E-state index is 12.8. The summed E-state index contributed by atoms with van der Waals surface area (Å²) >= 11 is 3.31. The fourth-order valence-corrected chi connectivity index (χ4v) is 3.27. The average molecular weight is 481 g/mol. The van der Waals surface area contributed by atoms with Crippen LogP contribution in [0.15, 0.2) is 63.7 Å². The maximum Gasteiger partial charge on any atom is 0.416 e. The van der Waals surface area contributed by atoms with E-state index in [4.69, 9.17) is 0 Å². The van der Waals surface area contributed by atoms with Crippen molar-refractivity contribution in [2.24, 2.45) is 11.0 Å². The molecule has 3 rings (SSSR count). The van der Waals surface area contributed by atoms with E-state index in [-0.39, 0.29) is 17.9 Å². The Bertz CT molecular complexity index is 1030. The molecule has 0 saturated carbocycles. The molecule has 0 spiro atoms. The standard InChI is InChI=1S/C21H16BrF3N2O3/c1-12-18(19(28)27(26-12)17-8-6-16(22)7-9-17)11-14(20(29)30)10-13-2-4-15(5-3-13)21(23,24)25/h2-10,18H,11H2,1H3,(H,29,30). The molecule has 0 fully saturated rings. The van der Waals surface area contributed by atoms with E-state index < -0.39 is 23.6 Å². The number of hydrogen-bond acceptors (Lipinski definition) is 3. The van der Waals surface area contributed by atoms with Crippen molar-refractivity contribution >= 4 is 45.3 Å². The van der Waals surface area contributed by atoms with Crippen molar-refractivity contribution in [1.82, 2.24) is 0 Å². The van der Waals surface area contributed by atoms with Crippen LogP contribution in [-0.4, -0.2) is 22.7 Å². The molecule has 156 valence electrons. The zero-order chi connectivity index (χ0) is 22.1. The Morgan fingerprint density at radius 3 is 2.30 bits per heavy atom. The second-order valence-electron chi connectivity index (χ2n) is 6.72. The molecule has 5 nitrogen and oxygen atoms in total. The lowest BCUT2D eigenvalue weighted by molar-refractivity contribution is -0.137. The van der Waals surface area contributed by atoms with Gasteiger partial charge in [-0.15, -0.1) is 0 Å². The fraction of sp³-hybridized carbons (Fsp3) is 0.190. The second-order valence-corrected chi connectivity index (χ2v) is 7.63. The minimum Gasteiger partial charge on any atom is -0.478 e. The summed E-state index contributed by atoms with van der Waals surface area (Å²) in [5.74, 6) is -2.39. The number of alkyl halides is 3. The Labute approximate surface area is 178 Å². The molecule has 9 heteroatoms. The number of rotatable bonds is 5. The highest BCUT2D eigenvalue weighted by atomic mass is 79.9. The summed E-state index contributed by atoms with van der Waals surface area (Å²) in [7, 11) is 0. The van der Waals surface area contributed by atoms with Gasteiger partial charge in [0.15, 0.2) is 0 Å². The summed E-state index contributed by atoms with van der Waals surface area (Å²) in [4.78, 5) is 24.5. The first-order valence-electron chi connectivity index (χ1n) is 8.82. The van der Waals surface area contributed by atoms with Crippen LogP contribution in [-0.2, 0) is 15.8 Å². The first kappa shape index (κ1) is 21.8. The quantitative estimate of drug-likeness (QED) is 0.585. The van der Waals surface area contributed by atoms with Crippen LogP contribution in [0.25, 0.3) is 6.08 Å². The summed E-state index contributed by atoms with van der Waals surface area (Å²) in [6, 6.07) is 11.1. The Kier molecular flexibility index (Phi) is 6.12. The van der Waals surface area contributed by atoms with Gasteiger partial charge in [-0.25, -0.2) is 9.80 Å². The summed E-state index contributed by atoms with van der Waals surface area (Å²) in [6.45, 7) is 1.64. The summed E-state index contributed by atoms with van der Waals surface area (Å²) < 4.78 is 38.9. The Hall–Kier alpha value is -2.94. The topological polar surface area (TPSA) is 70.0 Å². The van der Waals surface area contributed by atoms with Crippen LogP contribution in [0.4, 0.5) is 18.9 Å². The highest BCUT2D eigenvalue weighted by Gasteiger charge is 2.36. The molecule has 1 N–H and O–H groups in total.